The minimum Gasteiger partial charge on any atom is -0.456 e. The van der Waals surface area contributed by atoms with E-state index in [-0.39, 0.29) is 0 Å². The summed E-state index contributed by atoms with van der Waals surface area (Å²) in [6, 6.07) is 106. The van der Waals surface area contributed by atoms with Crippen LogP contribution in [0.1, 0.15) is 0 Å². The standard InChI is InChI=1S/C90H48N2O4/c1-7-33-67-59(19-1)85-87-65-47-49(79-51(55-29-15-39-75-81(55)61-21-3-9-35-71(61)93-75)25-13-26-52(79)56-30-16-40-76-82(56)62-22-4-10-36-72(62)94-76)44-46-70(65)92-68-34-8-2-20-60(68)86(90(87)92)88-66-48-50(43-45-69(66)91(67)89(85)88)80-53(57-31-17-41-77-83(57)63-23-5-11-37-73(63)95-77)27-14-28-54(80)58-32-18-42-78-84(58)64-24-6-12-38-74(64)96-78/h1-48H. The predicted molar refractivity (Wildman–Crippen MR) is 397 cm³/mol. The van der Waals surface area contributed by atoms with Crippen molar-refractivity contribution in [2.75, 3.05) is 0 Å². The van der Waals surface area contributed by atoms with E-state index in [9.17, 15) is 0 Å². The molecule has 0 aliphatic rings. The van der Waals surface area contributed by atoms with Gasteiger partial charge >= 0.3 is 0 Å². The maximum absolute atomic E-state index is 6.64. The average Bonchev–Trinajstić information content (AvgIpc) is 1.49. The monoisotopic (exact) mass is 1220 g/mol. The highest BCUT2D eigenvalue weighted by atomic mass is 16.3. The molecule has 0 spiro atoms. The number of fused-ring (bicyclic) bond motifs is 26. The van der Waals surface area contributed by atoms with Crippen LogP contribution in [0.5, 0.6) is 0 Å². The molecule has 0 saturated carbocycles. The van der Waals surface area contributed by atoms with Crippen molar-refractivity contribution in [2.45, 2.75) is 0 Å². The van der Waals surface area contributed by atoms with Crippen molar-refractivity contribution in [1.29, 1.82) is 0 Å². The summed E-state index contributed by atoms with van der Waals surface area (Å²) in [5.74, 6) is 0. The predicted octanol–water partition coefficient (Wildman–Crippen LogP) is 25.6. The molecule has 8 aromatic heterocycles. The number of aromatic nitrogens is 2. The van der Waals surface area contributed by atoms with Gasteiger partial charge in [0.1, 0.15) is 44.7 Å². The van der Waals surface area contributed by atoms with Gasteiger partial charge in [-0.3, -0.25) is 0 Å². The summed E-state index contributed by atoms with van der Waals surface area (Å²) < 4.78 is 31.7. The van der Waals surface area contributed by atoms with Gasteiger partial charge in [0.05, 0.1) is 33.1 Å². The van der Waals surface area contributed by atoms with Gasteiger partial charge in [-0.1, -0.05) is 206 Å². The van der Waals surface area contributed by atoms with E-state index in [0.29, 0.717) is 0 Å². The van der Waals surface area contributed by atoms with Gasteiger partial charge < -0.3 is 26.5 Å². The third-order valence-corrected chi connectivity index (χ3v) is 21.2. The van der Waals surface area contributed by atoms with Crippen molar-refractivity contribution in [2.24, 2.45) is 0 Å². The van der Waals surface area contributed by atoms with Gasteiger partial charge in [-0.05, 0) is 152 Å². The van der Waals surface area contributed by atoms with Crippen LogP contribution in [0.15, 0.2) is 309 Å². The Morgan fingerprint density at radius 3 is 0.760 bits per heavy atom. The molecule has 0 bridgehead atoms. The molecule has 0 radical (unpaired) electrons. The Morgan fingerprint density at radius 2 is 0.427 bits per heavy atom. The normalized spacial score (nSPS) is 12.6. The molecule has 0 unspecified atom stereocenters. The number of furan rings is 4. The summed E-state index contributed by atoms with van der Waals surface area (Å²) in [5.41, 5.74) is 27.5. The lowest BCUT2D eigenvalue weighted by Crippen LogP contribution is -1.92. The van der Waals surface area contributed by atoms with E-state index in [0.717, 1.165) is 166 Å². The summed E-state index contributed by atoms with van der Waals surface area (Å²) in [6.07, 6.45) is 0. The number of hydrogen-bond acceptors (Lipinski definition) is 4. The van der Waals surface area contributed by atoms with E-state index in [1.165, 1.54) is 65.2 Å². The van der Waals surface area contributed by atoms with E-state index in [4.69, 9.17) is 17.7 Å². The molecule has 15 aromatic carbocycles. The van der Waals surface area contributed by atoms with Gasteiger partial charge in [-0.15, -0.1) is 0 Å². The van der Waals surface area contributed by atoms with Crippen LogP contribution < -0.4 is 0 Å². The number of rotatable bonds is 6. The largest absolute Gasteiger partial charge is 0.456 e. The number of nitrogens with zero attached hydrogens (tertiary/aromatic N) is 2. The van der Waals surface area contributed by atoms with Crippen LogP contribution in [0.25, 0.3) is 231 Å². The second kappa shape index (κ2) is 18.4. The molecule has 442 valence electrons. The minimum atomic E-state index is 0.860. The van der Waals surface area contributed by atoms with E-state index in [2.05, 4.69) is 300 Å². The molecule has 6 heteroatoms. The van der Waals surface area contributed by atoms with Gasteiger partial charge in [-0.25, -0.2) is 0 Å². The Kier molecular flexibility index (Phi) is 9.74. The van der Waals surface area contributed by atoms with Crippen LogP contribution >= 0.6 is 0 Å². The molecule has 8 heterocycles. The fraction of sp³-hybridized carbons (Fsp3) is 0. The van der Waals surface area contributed by atoms with E-state index < -0.39 is 0 Å². The molecule has 0 atom stereocenters. The van der Waals surface area contributed by atoms with Gasteiger partial charge in [0.2, 0.25) is 0 Å². The van der Waals surface area contributed by atoms with E-state index >= 15 is 0 Å². The zero-order valence-electron chi connectivity index (χ0n) is 51.2. The Morgan fingerprint density at radius 1 is 0.177 bits per heavy atom. The molecule has 6 nitrogen and oxygen atoms in total. The number of para-hydroxylation sites is 6. The molecule has 96 heavy (non-hydrogen) atoms. The first-order chi connectivity index (χ1) is 47.7. The Labute approximate surface area is 545 Å². The zero-order chi connectivity index (χ0) is 62.2. The maximum Gasteiger partial charge on any atom is 0.136 e. The van der Waals surface area contributed by atoms with Crippen LogP contribution in [0, 0.1) is 0 Å². The van der Waals surface area contributed by atoms with Gasteiger partial charge in [0.25, 0.3) is 0 Å². The lowest BCUT2D eigenvalue weighted by molar-refractivity contribution is 0.668. The van der Waals surface area contributed by atoms with Crippen LogP contribution in [-0.4, -0.2) is 8.80 Å². The molecule has 23 aromatic rings. The SMILES string of the molecule is c1cc(-c2cccc3oc4ccccc4c23)c(-c2ccc3c(c2)c2c4c5ccccc5n5c6ccc(-c7c(-c8cccc9oc%10ccccc%10c89)cccc7-c7cccc8oc9ccccc9c78)cc6c(c6c7ccccc7n3c62)c45)c(-c2cccc3oc4ccccc4c23)c1. The molecular formula is C90H48N2O4. The maximum atomic E-state index is 6.64. The average molecular weight is 1220 g/mol. The third kappa shape index (κ3) is 6.49. The molecule has 0 fully saturated rings. The van der Waals surface area contributed by atoms with Crippen LogP contribution in [-0.2, 0) is 0 Å². The van der Waals surface area contributed by atoms with Crippen LogP contribution in [0.2, 0.25) is 0 Å². The second-order valence-corrected chi connectivity index (χ2v) is 25.9. The van der Waals surface area contributed by atoms with Crippen LogP contribution in [0.4, 0.5) is 0 Å². The Bertz CT molecular complexity index is 6640. The summed E-state index contributed by atoms with van der Waals surface area (Å²) in [6.45, 7) is 0. The minimum absolute atomic E-state index is 0.860. The van der Waals surface area contributed by atoms with E-state index in [1.54, 1.807) is 0 Å². The first-order valence-corrected chi connectivity index (χ1v) is 32.9. The number of hydrogen-bond donors (Lipinski definition) is 0. The summed E-state index contributed by atoms with van der Waals surface area (Å²) in [5, 5.41) is 18.6. The quantitative estimate of drug-likeness (QED) is 0.166. The number of benzene rings is 15. The second-order valence-electron chi connectivity index (χ2n) is 25.9. The van der Waals surface area contributed by atoms with Crippen LogP contribution in [0.3, 0.4) is 0 Å². The van der Waals surface area contributed by atoms with Crippen molar-refractivity contribution >= 4 is 164 Å². The smallest absolute Gasteiger partial charge is 0.136 e. The lowest BCUT2D eigenvalue weighted by atomic mass is 9.84. The fourth-order valence-electron chi connectivity index (χ4n) is 17.5. The van der Waals surface area contributed by atoms with Crippen molar-refractivity contribution in [3.63, 3.8) is 0 Å². The highest BCUT2D eigenvalue weighted by molar-refractivity contribution is 6.45. The third-order valence-electron chi connectivity index (χ3n) is 21.2. The molecule has 23 rings (SSSR count). The molecule has 0 amide bonds. The lowest BCUT2D eigenvalue weighted by Gasteiger charge is -2.18. The van der Waals surface area contributed by atoms with E-state index in [1.807, 2.05) is 0 Å². The van der Waals surface area contributed by atoms with Gasteiger partial charge in [0, 0.05) is 86.2 Å². The van der Waals surface area contributed by atoms with Crippen molar-refractivity contribution in [1.82, 2.24) is 8.80 Å². The summed E-state index contributed by atoms with van der Waals surface area (Å²) in [4.78, 5) is 0. The Balaban J connectivity index is 0.841. The summed E-state index contributed by atoms with van der Waals surface area (Å²) in [7, 11) is 0. The molecular weight excluding hydrogens is 1170 g/mol. The molecule has 0 aliphatic heterocycles. The fourth-order valence-corrected chi connectivity index (χ4v) is 17.5. The van der Waals surface area contributed by atoms with Crippen molar-refractivity contribution < 1.29 is 17.7 Å². The molecule has 0 aliphatic carbocycles. The molecule has 0 N–H and O–H groups in total. The first kappa shape index (κ1) is 50.7. The first-order valence-electron chi connectivity index (χ1n) is 32.9. The Hall–Kier alpha value is -12.9. The van der Waals surface area contributed by atoms with Gasteiger partial charge in [-0.2, -0.15) is 0 Å². The highest BCUT2D eigenvalue weighted by Crippen LogP contribution is 2.56. The van der Waals surface area contributed by atoms with Crippen molar-refractivity contribution in [3.8, 4) is 66.8 Å². The summed E-state index contributed by atoms with van der Waals surface area (Å²) >= 11 is 0. The zero-order valence-corrected chi connectivity index (χ0v) is 51.2. The topological polar surface area (TPSA) is 61.4 Å². The van der Waals surface area contributed by atoms with Crippen molar-refractivity contribution in [3.05, 3.63) is 291 Å². The van der Waals surface area contributed by atoms with Gasteiger partial charge in [0.15, 0.2) is 0 Å². The highest BCUT2D eigenvalue weighted by Gasteiger charge is 2.31. The molecule has 0 saturated heterocycles.